The number of halogens is 3. The van der Waals surface area contributed by atoms with Crippen LogP contribution >= 0.6 is 0 Å². The van der Waals surface area contributed by atoms with E-state index < -0.39 is 28.9 Å². The Morgan fingerprint density at radius 2 is 1.85 bits per heavy atom. The summed E-state index contributed by atoms with van der Waals surface area (Å²) in [6, 6.07) is 7.08. The van der Waals surface area contributed by atoms with E-state index in [-0.39, 0.29) is 17.8 Å². The maximum Gasteiger partial charge on any atom is 0.258 e. The summed E-state index contributed by atoms with van der Waals surface area (Å²) in [4.78, 5) is 11.8. The second-order valence-electron chi connectivity index (χ2n) is 4.07. The van der Waals surface area contributed by atoms with Gasteiger partial charge in [0.25, 0.3) is 5.91 Å². The number of rotatable bonds is 3. The number of anilines is 1. The summed E-state index contributed by atoms with van der Waals surface area (Å²) in [6.07, 6.45) is 0. The number of carbonyl (C=O) groups is 1. The van der Waals surface area contributed by atoms with Crippen LogP contribution in [0.2, 0.25) is 0 Å². The number of nitrogens with two attached hydrogens (primary N) is 1. The molecule has 3 N–H and O–H groups in total. The van der Waals surface area contributed by atoms with Gasteiger partial charge in [0.2, 0.25) is 0 Å². The molecule has 3 nitrogen and oxygen atoms in total. The monoisotopic (exact) mass is 280 g/mol. The molecule has 104 valence electrons. The molecule has 0 aliphatic rings. The Morgan fingerprint density at radius 1 is 1.10 bits per heavy atom. The summed E-state index contributed by atoms with van der Waals surface area (Å²) < 4.78 is 39.7. The maximum absolute atomic E-state index is 13.4. The summed E-state index contributed by atoms with van der Waals surface area (Å²) >= 11 is 0. The summed E-state index contributed by atoms with van der Waals surface area (Å²) in [5, 5.41) is 2.36. The third kappa shape index (κ3) is 2.80. The van der Waals surface area contributed by atoms with Crippen LogP contribution in [0.1, 0.15) is 15.9 Å². The van der Waals surface area contributed by atoms with Gasteiger partial charge in [-0.15, -0.1) is 0 Å². The van der Waals surface area contributed by atoms with Crippen molar-refractivity contribution in [2.75, 3.05) is 5.32 Å². The summed E-state index contributed by atoms with van der Waals surface area (Å²) in [5.41, 5.74) is 5.38. The van der Waals surface area contributed by atoms with Crippen LogP contribution in [0.3, 0.4) is 0 Å². The lowest BCUT2D eigenvalue weighted by molar-refractivity contribution is 0.102. The van der Waals surface area contributed by atoms with E-state index in [1.54, 1.807) is 0 Å². The van der Waals surface area contributed by atoms with Crippen molar-refractivity contribution in [3.05, 3.63) is 65.0 Å². The highest BCUT2D eigenvalue weighted by Crippen LogP contribution is 2.17. The predicted octanol–water partition coefficient (Wildman–Crippen LogP) is 2.81. The first-order valence-corrected chi connectivity index (χ1v) is 5.76. The van der Waals surface area contributed by atoms with Crippen LogP contribution in [0, 0.1) is 17.5 Å². The SMILES string of the molecule is NCc1cc(NC(=O)c2cccc(F)c2F)ccc1F. The molecule has 2 aromatic carbocycles. The molecule has 0 saturated heterocycles. The minimum Gasteiger partial charge on any atom is -0.326 e. The minimum atomic E-state index is -1.23. The Kier molecular flexibility index (Phi) is 4.05. The average Bonchev–Trinajstić information content (AvgIpc) is 2.43. The van der Waals surface area contributed by atoms with Crippen LogP contribution in [-0.2, 0) is 6.54 Å². The third-order valence-corrected chi connectivity index (χ3v) is 2.72. The highest BCUT2D eigenvalue weighted by Gasteiger charge is 2.15. The molecule has 0 saturated carbocycles. The van der Waals surface area contributed by atoms with Crippen molar-refractivity contribution in [3.8, 4) is 0 Å². The third-order valence-electron chi connectivity index (χ3n) is 2.72. The smallest absolute Gasteiger partial charge is 0.258 e. The van der Waals surface area contributed by atoms with Gasteiger partial charge in [0.1, 0.15) is 5.82 Å². The van der Waals surface area contributed by atoms with Crippen molar-refractivity contribution in [2.45, 2.75) is 6.54 Å². The molecular weight excluding hydrogens is 269 g/mol. The fourth-order valence-corrected chi connectivity index (χ4v) is 1.69. The number of amides is 1. The van der Waals surface area contributed by atoms with E-state index in [0.29, 0.717) is 0 Å². The molecule has 0 aliphatic heterocycles. The van der Waals surface area contributed by atoms with E-state index in [2.05, 4.69) is 5.32 Å². The van der Waals surface area contributed by atoms with Gasteiger partial charge in [-0.2, -0.15) is 0 Å². The van der Waals surface area contributed by atoms with Crippen LogP contribution in [0.15, 0.2) is 36.4 Å². The molecule has 0 unspecified atom stereocenters. The van der Waals surface area contributed by atoms with E-state index in [9.17, 15) is 18.0 Å². The normalized spacial score (nSPS) is 10.4. The van der Waals surface area contributed by atoms with Crippen LogP contribution in [0.5, 0.6) is 0 Å². The lowest BCUT2D eigenvalue weighted by Crippen LogP contribution is -2.15. The second-order valence-corrected chi connectivity index (χ2v) is 4.07. The number of nitrogens with one attached hydrogen (secondary N) is 1. The first-order valence-electron chi connectivity index (χ1n) is 5.76. The zero-order valence-corrected chi connectivity index (χ0v) is 10.3. The molecule has 0 bridgehead atoms. The zero-order valence-electron chi connectivity index (χ0n) is 10.3. The lowest BCUT2D eigenvalue weighted by atomic mass is 10.1. The van der Waals surface area contributed by atoms with Gasteiger partial charge in [-0.3, -0.25) is 4.79 Å². The average molecular weight is 280 g/mol. The highest BCUT2D eigenvalue weighted by atomic mass is 19.2. The Hall–Kier alpha value is -2.34. The Bertz CT molecular complexity index is 659. The maximum atomic E-state index is 13.4. The van der Waals surface area contributed by atoms with E-state index in [4.69, 9.17) is 5.73 Å². The van der Waals surface area contributed by atoms with Crippen molar-refractivity contribution < 1.29 is 18.0 Å². The van der Waals surface area contributed by atoms with Crippen molar-refractivity contribution in [3.63, 3.8) is 0 Å². The zero-order chi connectivity index (χ0) is 14.7. The minimum absolute atomic E-state index is 0.0378. The number of carbonyl (C=O) groups excluding carboxylic acids is 1. The molecule has 0 aromatic heterocycles. The molecule has 0 atom stereocenters. The molecule has 2 aromatic rings. The molecule has 0 spiro atoms. The van der Waals surface area contributed by atoms with Gasteiger partial charge in [0, 0.05) is 17.8 Å². The fourth-order valence-electron chi connectivity index (χ4n) is 1.69. The Morgan fingerprint density at radius 3 is 2.55 bits per heavy atom. The molecule has 0 radical (unpaired) electrons. The predicted molar refractivity (Wildman–Crippen MR) is 68.6 cm³/mol. The van der Waals surface area contributed by atoms with Crippen molar-refractivity contribution >= 4 is 11.6 Å². The van der Waals surface area contributed by atoms with E-state index in [0.717, 1.165) is 18.2 Å². The van der Waals surface area contributed by atoms with E-state index >= 15 is 0 Å². The van der Waals surface area contributed by atoms with Crippen molar-refractivity contribution in [1.82, 2.24) is 0 Å². The highest BCUT2D eigenvalue weighted by molar-refractivity contribution is 6.04. The Balaban J connectivity index is 2.26. The van der Waals surface area contributed by atoms with Gasteiger partial charge >= 0.3 is 0 Å². The summed E-state index contributed by atoms with van der Waals surface area (Å²) in [6.45, 7) is -0.0378. The molecule has 1 amide bonds. The first-order chi connectivity index (χ1) is 9.52. The van der Waals surface area contributed by atoms with Gasteiger partial charge in [-0.25, -0.2) is 13.2 Å². The first kappa shape index (κ1) is 14.1. The van der Waals surface area contributed by atoms with Gasteiger partial charge in [-0.05, 0) is 30.3 Å². The van der Waals surface area contributed by atoms with E-state index in [1.807, 2.05) is 0 Å². The molecule has 2 rings (SSSR count). The lowest BCUT2D eigenvalue weighted by Gasteiger charge is -2.08. The standard InChI is InChI=1S/C14H11F3N2O/c15-11-5-4-9(6-8(11)7-18)19-14(20)10-2-1-3-12(16)13(10)17/h1-6H,7,18H2,(H,19,20). The van der Waals surface area contributed by atoms with Gasteiger partial charge in [-0.1, -0.05) is 6.07 Å². The topological polar surface area (TPSA) is 55.1 Å². The fraction of sp³-hybridized carbons (Fsp3) is 0.0714. The van der Waals surface area contributed by atoms with Crippen LogP contribution in [0.4, 0.5) is 18.9 Å². The van der Waals surface area contributed by atoms with Crippen molar-refractivity contribution in [2.24, 2.45) is 5.73 Å². The second kappa shape index (κ2) is 5.75. The van der Waals surface area contributed by atoms with Gasteiger partial charge < -0.3 is 11.1 Å². The number of hydrogen-bond acceptors (Lipinski definition) is 2. The molecular formula is C14H11F3N2O. The van der Waals surface area contributed by atoms with Crippen LogP contribution in [0.25, 0.3) is 0 Å². The summed E-state index contributed by atoms with van der Waals surface area (Å²) in [7, 11) is 0. The van der Waals surface area contributed by atoms with Gasteiger partial charge in [0.15, 0.2) is 11.6 Å². The Labute approximate surface area is 113 Å². The molecule has 0 aliphatic carbocycles. The van der Waals surface area contributed by atoms with Crippen LogP contribution < -0.4 is 11.1 Å². The largest absolute Gasteiger partial charge is 0.326 e. The molecule has 0 fully saturated rings. The summed E-state index contributed by atoms with van der Waals surface area (Å²) in [5.74, 6) is -3.66. The van der Waals surface area contributed by atoms with Crippen molar-refractivity contribution in [1.29, 1.82) is 0 Å². The molecule has 20 heavy (non-hydrogen) atoms. The quantitative estimate of drug-likeness (QED) is 0.908. The molecule has 0 heterocycles. The van der Waals surface area contributed by atoms with Gasteiger partial charge in [0.05, 0.1) is 5.56 Å². The number of benzene rings is 2. The van der Waals surface area contributed by atoms with E-state index in [1.165, 1.54) is 18.2 Å². The number of hydrogen-bond donors (Lipinski definition) is 2. The molecule has 6 heteroatoms. The van der Waals surface area contributed by atoms with Crippen LogP contribution in [-0.4, -0.2) is 5.91 Å².